The van der Waals surface area contributed by atoms with Crippen molar-refractivity contribution in [3.8, 4) is 6.07 Å². The molecule has 0 spiro atoms. The summed E-state index contributed by atoms with van der Waals surface area (Å²) < 4.78 is 5.30. The van der Waals surface area contributed by atoms with E-state index in [-0.39, 0.29) is 0 Å². The van der Waals surface area contributed by atoms with Crippen molar-refractivity contribution in [2.24, 2.45) is 0 Å². The number of aromatic nitrogens is 1. The van der Waals surface area contributed by atoms with E-state index in [1.807, 2.05) is 18.2 Å². The molecular weight excluding hydrogens is 202 g/mol. The van der Waals surface area contributed by atoms with Gasteiger partial charge in [-0.1, -0.05) is 0 Å². The predicted octanol–water partition coefficient (Wildman–Crippen LogP) is 1.22. The Balaban J connectivity index is 1.86. The van der Waals surface area contributed by atoms with Gasteiger partial charge in [-0.05, 0) is 30.5 Å². The van der Waals surface area contributed by atoms with Crippen molar-refractivity contribution in [1.82, 2.24) is 10.3 Å². The number of ether oxygens (including phenoxy) is 1. The van der Waals surface area contributed by atoms with Gasteiger partial charge in [0.05, 0.1) is 0 Å². The molecule has 0 radical (unpaired) electrons. The van der Waals surface area contributed by atoms with Crippen LogP contribution < -0.4 is 5.32 Å². The van der Waals surface area contributed by atoms with Crippen LogP contribution in [0.3, 0.4) is 0 Å². The van der Waals surface area contributed by atoms with E-state index in [0.29, 0.717) is 11.7 Å². The summed E-state index contributed by atoms with van der Waals surface area (Å²) in [6.07, 6.45) is 3.81. The molecule has 16 heavy (non-hydrogen) atoms. The molecule has 1 aromatic rings. The summed E-state index contributed by atoms with van der Waals surface area (Å²) in [5.41, 5.74) is 1.59. The molecule has 0 amide bonds. The van der Waals surface area contributed by atoms with E-state index in [0.717, 1.165) is 38.2 Å². The highest BCUT2D eigenvalue weighted by Crippen LogP contribution is 2.08. The number of pyridine rings is 1. The summed E-state index contributed by atoms with van der Waals surface area (Å²) >= 11 is 0. The molecule has 84 valence electrons. The van der Waals surface area contributed by atoms with Crippen LogP contribution in [0.1, 0.15) is 24.1 Å². The van der Waals surface area contributed by atoms with Gasteiger partial charge in [0.25, 0.3) is 0 Å². The number of nitrogens with zero attached hydrogens (tertiary/aromatic N) is 2. The van der Waals surface area contributed by atoms with Gasteiger partial charge in [-0.25, -0.2) is 4.98 Å². The fraction of sp³-hybridized carbons (Fsp3) is 0.500. The summed E-state index contributed by atoms with van der Waals surface area (Å²) in [6, 6.07) is 6.34. The van der Waals surface area contributed by atoms with Crippen molar-refractivity contribution in [2.45, 2.75) is 25.4 Å². The minimum atomic E-state index is 0.478. The number of hydrogen-bond donors (Lipinski definition) is 1. The molecule has 2 rings (SSSR count). The summed E-state index contributed by atoms with van der Waals surface area (Å²) in [7, 11) is 0. The highest BCUT2D eigenvalue weighted by Gasteiger charge is 2.12. The lowest BCUT2D eigenvalue weighted by Gasteiger charge is -2.23. The van der Waals surface area contributed by atoms with Gasteiger partial charge in [-0.15, -0.1) is 0 Å². The quantitative estimate of drug-likeness (QED) is 0.827. The molecule has 1 fully saturated rings. The van der Waals surface area contributed by atoms with Crippen LogP contribution in [-0.2, 0) is 11.3 Å². The van der Waals surface area contributed by atoms with Crippen molar-refractivity contribution in [2.75, 3.05) is 13.2 Å². The van der Waals surface area contributed by atoms with Crippen molar-refractivity contribution in [1.29, 1.82) is 5.26 Å². The lowest BCUT2D eigenvalue weighted by atomic mass is 10.1. The molecule has 1 aliphatic rings. The van der Waals surface area contributed by atoms with Gasteiger partial charge in [-0.3, -0.25) is 0 Å². The second kappa shape index (κ2) is 5.59. The predicted molar refractivity (Wildman–Crippen MR) is 59.6 cm³/mol. The van der Waals surface area contributed by atoms with Crippen LogP contribution in [0.5, 0.6) is 0 Å². The maximum Gasteiger partial charge on any atom is 0.140 e. The lowest BCUT2D eigenvalue weighted by molar-refractivity contribution is 0.0776. The Labute approximate surface area is 95.3 Å². The third-order valence-corrected chi connectivity index (χ3v) is 2.76. The molecule has 0 aromatic carbocycles. The summed E-state index contributed by atoms with van der Waals surface area (Å²) in [4.78, 5) is 3.94. The smallest absolute Gasteiger partial charge is 0.140 e. The molecule has 0 saturated carbocycles. The number of nitriles is 1. The number of rotatable bonds is 3. The topological polar surface area (TPSA) is 57.9 Å². The molecular formula is C12H15N3O. The van der Waals surface area contributed by atoms with Crippen molar-refractivity contribution >= 4 is 0 Å². The molecule has 4 heteroatoms. The van der Waals surface area contributed by atoms with Crippen LogP contribution in [0.4, 0.5) is 0 Å². The van der Waals surface area contributed by atoms with Gasteiger partial charge in [0.2, 0.25) is 0 Å². The maximum atomic E-state index is 8.73. The third-order valence-electron chi connectivity index (χ3n) is 2.76. The number of nitrogens with one attached hydrogen (secondary N) is 1. The van der Waals surface area contributed by atoms with Crippen LogP contribution in [0.2, 0.25) is 0 Å². The van der Waals surface area contributed by atoms with Crippen LogP contribution in [0.25, 0.3) is 0 Å². The fourth-order valence-electron chi connectivity index (χ4n) is 1.81. The normalized spacial score (nSPS) is 16.9. The first-order chi connectivity index (χ1) is 7.88. The van der Waals surface area contributed by atoms with Crippen LogP contribution >= 0.6 is 0 Å². The van der Waals surface area contributed by atoms with Crippen molar-refractivity contribution in [3.05, 3.63) is 29.6 Å². The minimum absolute atomic E-state index is 0.478. The Bertz CT molecular complexity index is 380. The van der Waals surface area contributed by atoms with E-state index in [4.69, 9.17) is 10.00 Å². The highest BCUT2D eigenvalue weighted by molar-refractivity contribution is 5.25. The maximum absolute atomic E-state index is 8.73. The largest absolute Gasteiger partial charge is 0.381 e. The molecule has 2 heterocycles. The van der Waals surface area contributed by atoms with Crippen LogP contribution in [-0.4, -0.2) is 24.2 Å². The van der Waals surface area contributed by atoms with Gasteiger partial charge in [0.1, 0.15) is 11.8 Å². The Morgan fingerprint density at radius 3 is 3.06 bits per heavy atom. The molecule has 0 atom stereocenters. The standard InChI is InChI=1S/C12H15N3O/c13-8-12-7-10(1-4-14-12)9-15-11-2-5-16-6-3-11/h1,4,7,11,15H,2-3,5-6,9H2. The van der Waals surface area contributed by atoms with E-state index >= 15 is 0 Å². The third kappa shape index (κ3) is 3.02. The summed E-state index contributed by atoms with van der Waals surface area (Å²) in [6.45, 7) is 2.48. The van der Waals surface area contributed by atoms with E-state index in [1.165, 1.54) is 0 Å². The Morgan fingerprint density at radius 2 is 2.31 bits per heavy atom. The van der Waals surface area contributed by atoms with Gasteiger partial charge in [-0.2, -0.15) is 5.26 Å². The molecule has 1 N–H and O–H groups in total. The number of hydrogen-bond acceptors (Lipinski definition) is 4. The molecule has 1 aliphatic heterocycles. The Hall–Kier alpha value is -1.44. The average Bonchev–Trinajstić information content (AvgIpc) is 2.38. The van der Waals surface area contributed by atoms with Gasteiger partial charge in [0, 0.05) is 32.0 Å². The molecule has 1 aromatic heterocycles. The average molecular weight is 217 g/mol. The monoisotopic (exact) mass is 217 g/mol. The van der Waals surface area contributed by atoms with E-state index in [9.17, 15) is 0 Å². The van der Waals surface area contributed by atoms with E-state index in [2.05, 4.69) is 10.3 Å². The Kier molecular flexibility index (Phi) is 3.86. The first-order valence-electron chi connectivity index (χ1n) is 5.54. The first-order valence-corrected chi connectivity index (χ1v) is 5.54. The zero-order valence-electron chi connectivity index (χ0n) is 9.15. The minimum Gasteiger partial charge on any atom is -0.381 e. The molecule has 1 saturated heterocycles. The second-order valence-electron chi connectivity index (χ2n) is 3.93. The SMILES string of the molecule is N#Cc1cc(CNC2CCOCC2)ccn1. The molecule has 0 bridgehead atoms. The zero-order valence-corrected chi connectivity index (χ0v) is 9.15. The lowest BCUT2D eigenvalue weighted by Crippen LogP contribution is -2.34. The van der Waals surface area contributed by atoms with Crippen molar-refractivity contribution in [3.63, 3.8) is 0 Å². The fourth-order valence-corrected chi connectivity index (χ4v) is 1.81. The van der Waals surface area contributed by atoms with Crippen LogP contribution in [0, 0.1) is 11.3 Å². The van der Waals surface area contributed by atoms with Gasteiger partial charge in [0.15, 0.2) is 0 Å². The van der Waals surface area contributed by atoms with Crippen molar-refractivity contribution < 1.29 is 4.74 Å². The first kappa shape index (κ1) is 11.1. The molecule has 0 unspecified atom stereocenters. The zero-order chi connectivity index (χ0) is 11.2. The van der Waals surface area contributed by atoms with Gasteiger partial charge < -0.3 is 10.1 Å². The van der Waals surface area contributed by atoms with E-state index in [1.54, 1.807) is 6.20 Å². The summed E-state index contributed by atoms with van der Waals surface area (Å²) in [5.74, 6) is 0. The summed E-state index contributed by atoms with van der Waals surface area (Å²) in [5, 5.41) is 12.2. The highest BCUT2D eigenvalue weighted by atomic mass is 16.5. The van der Waals surface area contributed by atoms with Gasteiger partial charge >= 0.3 is 0 Å². The molecule has 4 nitrogen and oxygen atoms in total. The molecule has 0 aliphatic carbocycles. The Morgan fingerprint density at radius 1 is 1.50 bits per heavy atom. The van der Waals surface area contributed by atoms with Crippen LogP contribution in [0.15, 0.2) is 18.3 Å². The second-order valence-corrected chi connectivity index (χ2v) is 3.93. The van der Waals surface area contributed by atoms with E-state index < -0.39 is 0 Å².